The lowest BCUT2D eigenvalue weighted by Crippen LogP contribution is -2.34. The first kappa shape index (κ1) is 19.8. The van der Waals surface area contributed by atoms with Gasteiger partial charge in [0.2, 0.25) is 10.0 Å². The molecule has 0 unspecified atom stereocenters. The van der Waals surface area contributed by atoms with Crippen LogP contribution in [0.5, 0.6) is 5.75 Å². The third-order valence-corrected chi connectivity index (χ3v) is 5.70. The van der Waals surface area contributed by atoms with Crippen molar-refractivity contribution in [3.8, 4) is 5.75 Å². The van der Waals surface area contributed by atoms with Crippen LogP contribution >= 0.6 is 0 Å². The molecule has 2 aromatic carbocycles. The molecule has 0 radical (unpaired) electrons. The minimum absolute atomic E-state index is 0.00472. The number of carbonyl (C=O) groups is 2. The summed E-state index contributed by atoms with van der Waals surface area (Å²) in [6.07, 6.45) is 0.873. The van der Waals surface area contributed by atoms with Crippen LogP contribution in [0.1, 0.15) is 29.8 Å². The van der Waals surface area contributed by atoms with Crippen LogP contribution in [0.2, 0.25) is 0 Å². The molecule has 0 N–H and O–H groups in total. The minimum atomic E-state index is -3.86. The fourth-order valence-electron chi connectivity index (χ4n) is 2.27. The number of sulfonamides is 1. The predicted octanol–water partition coefficient (Wildman–Crippen LogP) is 2.68. The number of nitrogens with zero attached hydrogens (tertiary/aromatic N) is 1. The molecule has 0 saturated heterocycles. The highest BCUT2D eigenvalue weighted by Gasteiger charge is 2.24. The average Bonchev–Trinajstić information content (AvgIpc) is 2.62. The van der Waals surface area contributed by atoms with Crippen molar-refractivity contribution in [2.24, 2.45) is 0 Å². The average molecular weight is 375 g/mol. The molecule has 0 aliphatic heterocycles. The van der Waals surface area contributed by atoms with E-state index in [0.29, 0.717) is 11.3 Å². The third-order valence-electron chi connectivity index (χ3n) is 3.88. The lowest BCUT2D eigenvalue weighted by molar-refractivity contribution is -0.134. The van der Waals surface area contributed by atoms with Crippen LogP contribution in [-0.2, 0) is 21.2 Å². The Balaban J connectivity index is 2.05. The lowest BCUT2D eigenvalue weighted by Gasteiger charge is -2.16. The van der Waals surface area contributed by atoms with E-state index >= 15 is 0 Å². The molecule has 0 aliphatic carbocycles. The monoisotopic (exact) mass is 375 g/mol. The molecule has 0 atom stereocenters. The molecule has 0 bridgehead atoms. The van der Waals surface area contributed by atoms with Crippen LogP contribution in [0.3, 0.4) is 0 Å². The molecule has 7 heteroatoms. The molecule has 2 rings (SSSR count). The van der Waals surface area contributed by atoms with Crippen molar-refractivity contribution in [1.82, 2.24) is 4.31 Å². The molecule has 26 heavy (non-hydrogen) atoms. The molecule has 0 amide bonds. The van der Waals surface area contributed by atoms with Crippen LogP contribution in [-0.4, -0.2) is 38.1 Å². The Kier molecular flexibility index (Phi) is 6.28. The fourth-order valence-corrected chi connectivity index (χ4v) is 3.38. The normalized spacial score (nSPS) is 11.4. The summed E-state index contributed by atoms with van der Waals surface area (Å²) >= 11 is 0. The van der Waals surface area contributed by atoms with Crippen molar-refractivity contribution >= 4 is 21.8 Å². The number of ether oxygens (including phenoxy) is 1. The smallest absolute Gasteiger partial charge is 0.326 e. The predicted molar refractivity (Wildman–Crippen MR) is 97.7 cm³/mol. The highest BCUT2D eigenvalue weighted by molar-refractivity contribution is 7.89. The second-order valence-corrected chi connectivity index (χ2v) is 7.86. The molecule has 0 aliphatic rings. The fraction of sp³-hybridized carbons (Fsp3) is 0.263. The first-order valence-corrected chi connectivity index (χ1v) is 9.55. The Hall–Kier alpha value is -2.51. The van der Waals surface area contributed by atoms with E-state index in [4.69, 9.17) is 4.74 Å². The maximum absolute atomic E-state index is 12.5. The van der Waals surface area contributed by atoms with Crippen molar-refractivity contribution in [2.75, 3.05) is 13.6 Å². The molecule has 2 aromatic rings. The van der Waals surface area contributed by atoms with Gasteiger partial charge in [-0.3, -0.25) is 9.59 Å². The Labute approximate surface area is 153 Å². The Morgan fingerprint density at radius 3 is 2.08 bits per heavy atom. The summed E-state index contributed by atoms with van der Waals surface area (Å²) in [5, 5.41) is 0. The van der Waals surface area contributed by atoms with Gasteiger partial charge in [0, 0.05) is 12.6 Å². The van der Waals surface area contributed by atoms with Gasteiger partial charge in [-0.1, -0.05) is 31.2 Å². The van der Waals surface area contributed by atoms with Crippen molar-refractivity contribution in [3.05, 3.63) is 59.7 Å². The summed E-state index contributed by atoms with van der Waals surface area (Å²) in [7, 11) is -2.56. The highest BCUT2D eigenvalue weighted by atomic mass is 32.2. The number of rotatable bonds is 7. The molecule has 0 aromatic heterocycles. The Morgan fingerprint density at radius 1 is 1.00 bits per heavy atom. The number of benzene rings is 2. The number of hydrogen-bond acceptors (Lipinski definition) is 5. The van der Waals surface area contributed by atoms with Crippen LogP contribution in [0.25, 0.3) is 0 Å². The minimum Gasteiger partial charge on any atom is -0.426 e. The summed E-state index contributed by atoms with van der Waals surface area (Å²) < 4.78 is 31.1. The van der Waals surface area contributed by atoms with E-state index in [2.05, 4.69) is 0 Å². The van der Waals surface area contributed by atoms with Crippen LogP contribution in [0.4, 0.5) is 0 Å². The molecule has 0 heterocycles. The maximum Gasteiger partial charge on any atom is 0.326 e. The van der Waals surface area contributed by atoms with Gasteiger partial charge < -0.3 is 4.74 Å². The first-order chi connectivity index (χ1) is 12.2. The van der Waals surface area contributed by atoms with E-state index in [1.54, 1.807) is 12.1 Å². The molecular formula is C19H21NO5S. The van der Waals surface area contributed by atoms with Crippen molar-refractivity contribution < 1.29 is 22.7 Å². The summed E-state index contributed by atoms with van der Waals surface area (Å²) in [6.45, 7) is 2.99. The van der Waals surface area contributed by atoms with Crippen LogP contribution in [0, 0.1) is 0 Å². The van der Waals surface area contributed by atoms with Crippen LogP contribution in [0.15, 0.2) is 53.4 Å². The van der Waals surface area contributed by atoms with Gasteiger partial charge in [0.1, 0.15) is 12.3 Å². The zero-order valence-electron chi connectivity index (χ0n) is 14.9. The standard InChI is InChI=1S/C19H21NO5S/c1-4-15-5-9-17(10-6-15)25-19(22)13-20(3)26(23,24)18-11-7-16(8-12-18)14(2)21/h5-12H,4,13H2,1-3H3. The van der Waals surface area contributed by atoms with E-state index in [0.717, 1.165) is 16.3 Å². The molecule has 138 valence electrons. The van der Waals surface area contributed by atoms with E-state index in [1.165, 1.54) is 38.2 Å². The van der Waals surface area contributed by atoms with E-state index in [-0.39, 0.29) is 10.7 Å². The second kappa shape index (κ2) is 8.25. The Morgan fingerprint density at radius 2 is 1.58 bits per heavy atom. The zero-order chi connectivity index (χ0) is 19.3. The number of likely N-dealkylation sites (N-methyl/N-ethyl adjacent to an activating group) is 1. The van der Waals surface area contributed by atoms with Gasteiger partial charge in [0.05, 0.1) is 4.90 Å². The third kappa shape index (κ3) is 4.77. The number of aryl methyl sites for hydroxylation is 1. The molecule has 0 saturated carbocycles. The zero-order valence-corrected chi connectivity index (χ0v) is 15.7. The van der Waals surface area contributed by atoms with E-state index < -0.39 is 22.5 Å². The number of Topliss-reactive ketones (excluding diaryl/α,β-unsaturated/α-hetero) is 1. The first-order valence-electron chi connectivity index (χ1n) is 8.11. The summed E-state index contributed by atoms with van der Waals surface area (Å²) in [6, 6.07) is 12.6. The number of hydrogen-bond donors (Lipinski definition) is 0. The summed E-state index contributed by atoms with van der Waals surface area (Å²) in [4.78, 5) is 23.3. The quantitative estimate of drug-likeness (QED) is 0.422. The second-order valence-electron chi connectivity index (χ2n) is 5.81. The van der Waals surface area contributed by atoms with Gasteiger partial charge in [0.25, 0.3) is 0 Å². The number of carbonyl (C=O) groups excluding carboxylic acids is 2. The van der Waals surface area contributed by atoms with E-state index in [9.17, 15) is 18.0 Å². The van der Waals surface area contributed by atoms with E-state index in [1.807, 2.05) is 19.1 Å². The van der Waals surface area contributed by atoms with Crippen molar-refractivity contribution in [2.45, 2.75) is 25.2 Å². The SMILES string of the molecule is CCc1ccc(OC(=O)CN(C)S(=O)(=O)c2ccc(C(C)=O)cc2)cc1. The molecule has 0 spiro atoms. The topological polar surface area (TPSA) is 80.8 Å². The van der Waals surface area contributed by atoms with Gasteiger partial charge in [-0.05, 0) is 43.2 Å². The molecule has 6 nitrogen and oxygen atoms in total. The van der Waals surface area contributed by atoms with Crippen molar-refractivity contribution in [3.63, 3.8) is 0 Å². The van der Waals surface area contributed by atoms with Gasteiger partial charge in [0.15, 0.2) is 5.78 Å². The molecule has 0 fully saturated rings. The molecular weight excluding hydrogens is 354 g/mol. The van der Waals surface area contributed by atoms with Crippen molar-refractivity contribution in [1.29, 1.82) is 0 Å². The van der Waals surface area contributed by atoms with Gasteiger partial charge >= 0.3 is 5.97 Å². The number of esters is 1. The van der Waals surface area contributed by atoms with Gasteiger partial charge in [-0.2, -0.15) is 4.31 Å². The summed E-state index contributed by atoms with van der Waals surface area (Å²) in [5.74, 6) is -0.468. The maximum atomic E-state index is 12.5. The summed E-state index contributed by atoms with van der Waals surface area (Å²) in [5.41, 5.74) is 1.53. The highest BCUT2D eigenvalue weighted by Crippen LogP contribution is 2.17. The van der Waals surface area contributed by atoms with Gasteiger partial charge in [-0.15, -0.1) is 0 Å². The largest absolute Gasteiger partial charge is 0.426 e. The van der Waals surface area contributed by atoms with Crippen LogP contribution < -0.4 is 4.74 Å². The van der Waals surface area contributed by atoms with Gasteiger partial charge in [-0.25, -0.2) is 8.42 Å². The Bertz CT molecular complexity index is 887. The lowest BCUT2D eigenvalue weighted by atomic mass is 10.2. The number of ketones is 1.